The number of nitrogens with zero attached hydrogens (tertiary/aromatic N) is 2. The average Bonchev–Trinajstić information content (AvgIpc) is 2.81. The van der Waals surface area contributed by atoms with Crippen LogP contribution >= 0.6 is 11.6 Å². The lowest BCUT2D eigenvalue weighted by Crippen LogP contribution is -2.45. The summed E-state index contributed by atoms with van der Waals surface area (Å²) in [6.45, 7) is 4.00. The molecule has 1 fully saturated rings. The van der Waals surface area contributed by atoms with Gasteiger partial charge in [0.1, 0.15) is 30.2 Å². The fourth-order valence-electron chi connectivity index (χ4n) is 3.65. The van der Waals surface area contributed by atoms with Gasteiger partial charge in [-0.3, -0.25) is 4.90 Å². The Morgan fingerprint density at radius 3 is 2.47 bits per heavy atom. The van der Waals surface area contributed by atoms with Crippen LogP contribution in [0.1, 0.15) is 26.7 Å². The van der Waals surface area contributed by atoms with Crippen molar-refractivity contribution in [1.82, 2.24) is 4.98 Å². The molecule has 4 rings (SSSR count). The number of carbonyl (C=O) groups is 1. The largest absolute Gasteiger partial charge is 0.573 e. The summed E-state index contributed by atoms with van der Waals surface area (Å²) in [5.74, 6) is 0.00455. The number of fused-ring (bicyclic) bond motifs is 1. The third-order valence-electron chi connectivity index (χ3n) is 5.00. The van der Waals surface area contributed by atoms with Gasteiger partial charge in [-0.2, -0.15) is 0 Å². The van der Waals surface area contributed by atoms with E-state index >= 15 is 0 Å². The van der Waals surface area contributed by atoms with E-state index < -0.39 is 24.8 Å². The van der Waals surface area contributed by atoms with E-state index in [-0.39, 0.29) is 18.6 Å². The van der Waals surface area contributed by atoms with Crippen LogP contribution in [0.15, 0.2) is 54.6 Å². The van der Waals surface area contributed by atoms with Crippen LogP contribution in [0.3, 0.4) is 0 Å². The Morgan fingerprint density at radius 2 is 1.82 bits per heavy atom. The van der Waals surface area contributed by atoms with Crippen LogP contribution in [-0.2, 0) is 9.53 Å². The minimum Gasteiger partial charge on any atom is -0.406 e. The number of para-hydroxylation sites is 1. The predicted molar refractivity (Wildman–Crippen MR) is 123 cm³/mol. The van der Waals surface area contributed by atoms with Gasteiger partial charge in [0.25, 0.3) is 0 Å². The van der Waals surface area contributed by atoms with Crippen molar-refractivity contribution in [2.24, 2.45) is 0 Å². The number of hydrogen-bond acceptors (Lipinski definition) is 6. The molecule has 1 aliphatic rings. The topological polar surface area (TPSA) is 71.9 Å². The number of aldehydes is 1. The van der Waals surface area contributed by atoms with Crippen LogP contribution in [0.4, 0.5) is 24.7 Å². The summed E-state index contributed by atoms with van der Waals surface area (Å²) in [6, 6.07) is 14.0. The molecule has 6 nitrogen and oxygen atoms in total. The predicted octanol–water partition coefficient (Wildman–Crippen LogP) is 6.02. The number of hydrogen-bond donors (Lipinski definition) is 1. The van der Waals surface area contributed by atoms with E-state index in [4.69, 9.17) is 16.3 Å². The fourth-order valence-corrected chi connectivity index (χ4v) is 3.88. The summed E-state index contributed by atoms with van der Waals surface area (Å²) in [6.07, 6.45) is -6.32. The van der Waals surface area contributed by atoms with Gasteiger partial charge in [0.2, 0.25) is 0 Å². The molecule has 2 aromatic carbocycles. The van der Waals surface area contributed by atoms with Crippen molar-refractivity contribution >= 4 is 40.3 Å². The van der Waals surface area contributed by atoms with Crippen molar-refractivity contribution in [2.75, 3.05) is 4.90 Å². The maximum atomic E-state index is 12.5. The lowest BCUT2D eigenvalue weighted by Gasteiger charge is -2.39. The van der Waals surface area contributed by atoms with Crippen LogP contribution in [0.2, 0.25) is 5.02 Å². The van der Waals surface area contributed by atoms with Gasteiger partial charge in [0.15, 0.2) is 0 Å². The molecule has 10 heteroatoms. The highest BCUT2D eigenvalue weighted by Crippen LogP contribution is 2.35. The summed E-state index contributed by atoms with van der Waals surface area (Å²) >= 11 is 6.29. The smallest absolute Gasteiger partial charge is 0.406 e. The van der Waals surface area contributed by atoms with E-state index in [1.807, 2.05) is 19.9 Å². The Morgan fingerprint density at radius 1 is 1.12 bits per heavy atom. The van der Waals surface area contributed by atoms with Gasteiger partial charge in [-0.1, -0.05) is 37.6 Å². The zero-order chi connectivity index (χ0) is 24.9. The first kappa shape index (κ1) is 25.7. The second-order valence-corrected chi connectivity index (χ2v) is 7.69. The molecular weight excluding hydrogens is 473 g/mol. The number of halogens is 4. The number of aromatic nitrogens is 1. The molecule has 0 aliphatic carbocycles. The van der Waals surface area contributed by atoms with E-state index in [1.165, 1.54) is 24.3 Å². The third-order valence-corrected chi connectivity index (χ3v) is 5.31. The van der Waals surface area contributed by atoms with Crippen molar-refractivity contribution in [3.63, 3.8) is 0 Å². The summed E-state index contributed by atoms with van der Waals surface area (Å²) in [5, 5.41) is 11.5. The van der Waals surface area contributed by atoms with Crippen molar-refractivity contribution in [2.45, 2.75) is 51.5 Å². The second-order valence-electron chi connectivity index (χ2n) is 7.28. The summed E-state index contributed by atoms with van der Waals surface area (Å²) in [4.78, 5) is 17.6. The maximum absolute atomic E-state index is 12.5. The first-order chi connectivity index (χ1) is 16.2. The van der Waals surface area contributed by atoms with Crippen molar-refractivity contribution in [3.05, 3.63) is 59.6 Å². The van der Waals surface area contributed by atoms with E-state index in [9.17, 15) is 23.1 Å². The molecule has 0 radical (unpaired) electrons. The van der Waals surface area contributed by atoms with Crippen LogP contribution in [0.5, 0.6) is 5.75 Å². The number of pyridine rings is 1. The highest BCUT2D eigenvalue weighted by molar-refractivity contribution is 6.35. The molecule has 1 aromatic heterocycles. The molecule has 0 bridgehead atoms. The van der Waals surface area contributed by atoms with Gasteiger partial charge in [0, 0.05) is 23.9 Å². The highest BCUT2D eigenvalue weighted by Gasteiger charge is 2.34. The molecule has 34 heavy (non-hydrogen) atoms. The summed E-state index contributed by atoms with van der Waals surface area (Å²) < 4.78 is 47.4. The standard InChI is InChI=1S/C22H18ClF3N2O4.C2H6/c23-18-3-1-2-13-4-9-19(27-21(13)18)28(20-11-15(30)10-17(12-29)31-20)14-5-7-16(8-6-14)32-22(24,25)26;1-2/h1-9,12,15,17,20,30H,10-11H2;1-2H3/t15?,17-,20?;/m0./s1. The number of anilines is 2. The lowest BCUT2D eigenvalue weighted by atomic mass is 10.0. The monoisotopic (exact) mass is 496 g/mol. The number of alkyl halides is 3. The van der Waals surface area contributed by atoms with Crippen LogP contribution in [0, 0.1) is 0 Å². The molecule has 3 aromatic rings. The summed E-state index contributed by atoms with van der Waals surface area (Å²) in [7, 11) is 0. The lowest BCUT2D eigenvalue weighted by molar-refractivity contribution is -0.274. The first-order valence-electron chi connectivity index (χ1n) is 10.7. The molecule has 2 heterocycles. The Balaban J connectivity index is 0.00000158. The molecule has 2 unspecified atom stereocenters. The molecule has 1 saturated heterocycles. The number of aliphatic hydroxyl groups excluding tert-OH is 1. The van der Waals surface area contributed by atoms with Gasteiger partial charge < -0.3 is 19.4 Å². The van der Waals surface area contributed by atoms with Crippen LogP contribution < -0.4 is 9.64 Å². The second kappa shape index (κ2) is 11.0. The molecule has 0 saturated carbocycles. The van der Waals surface area contributed by atoms with E-state index in [2.05, 4.69) is 9.72 Å². The van der Waals surface area contributed by atoms with E-state index in [0.717, 1.165) is 5.39 Å². The molecule has 0 spiro atoms. The van der Waals surface area contributed by atoms with Gasteiger partial charge >= 0.3 is 6.36 Å². The quantitative estimate of drug-likeness (QED) is 0.436. The Kier molecular flexibility index (Phi) is 8.35. The van der Waals surface area contributed by atoms with Crippen LogP contribution in [0.25, 0.3) is 10.9 Å². The maximum Gasteiger partial charge on any atom is 0.573 e. The van der Waals surface area contributed by atoms with E-state index in [1.54, 1.807) is 29.2 Å². The molecule has 1 aliphatic heterocycles. The third kappa shape index (κ3) is 6.16. The highest BCUT2D eigenvalue weighted by atomic mass is 35.5. The minimum absolute atomic E-state index is 0.156. The molecule has 0 amide bonds. The molecule has 3 atom stereocenters. The summed E-state index contributed by atoms with van der Waals surface area (Å²) in [5.41, 5.74) is 0.958. The van der Waals surface area contributed by atoms with Crippen LogP contribution in [-0.4, -0.2) is 41.2 Å². The number of rotatable bonds is 5. The fraction of sp³-hybridized carbons (Fsp3) is 0.333. The van der Waals surface area contributed by atoms with Crippen molar-refractivity contribution in [3.8, 4) is 5.75 Å². The zero-order valence-corrected chi connectivity index (χ0v) is 19.3. The Labute approximate surface area is 199 Å². The number of benzene rings is 2. The SMILES string of the molecule is CC.O=C[C@@H]1CC(O)CC(N(c2ccc(OC(F)(F)F)cc2)c2ccc3cccc(Cl)c3n2)O1. The number of carbonyl (C=O) groups excluding carboxylic acids is 1. The van der Waals surface area contributed by atoms with Gasteiger partial charge in [-0.25, -0.2) is 4.98 Å². The molecule has 182 valence electrons. The Hall–Kier alpha value is -2.88. The molecular formula is C24H24ClF3N2O4. The van der Waals surface area contributed by atoms with Gasteiger partial charge in [-0.15, -0.1) is 13.2 Å². The van der Waals surface area contributed by atoms with Gasteiger partial charge in [-0.05, 0) is 42.5 Å². The Bertz CT molecular complexity index is 1110. The normalized spacial score (nSPS) is 20.3. The molecule has 1 N–H and O–H groups in total. The number of aliphatic hydroxyl groups is 1. The average molecular weight is 497 g/mol. The zero-order valence-electron chi connectivity index (χ0n) is 18.5. The minimum atomic E-state index is -4.81. The number of ether oxygens (including phenoxy) is 2. The first-order valence-corrected chi connectivity index (χ1v) is 11.1. The van der Waals surface area contributed by atoms with Crippen molar-refractivity contribution < 1.29 is 32.5 Å². The van der Waals surface area contributed by atoms with Gasteiger partial charge in [0.05, 0.1) is 16.6 Å². The van der Waals surface area contributed by atoms with Crippen molar-refractivity contribution in [1.29, 1.82) is 0 Å². The van der Waals surface area contributed by atoms with E-state index in [0.29, 0.717) is 28.3 Å².